The third kappa shape index (κ3) is 64.6. The number of unbranched alkanes of at least 4 members (excludes halogenated alkanes) is 33. The van der Waals surface area contributed by atoms with Gasteiger partial charge in [-0.05, 0) is 49.4 Å². The standard InChI is InChI=1S/C70H136O17P2/c1-60(2)46-38-30-22-19-17-15-13-11-9-10-12-14-16-18-20-24-34-42-50-67(72)80-56-65(86-69(74)52-44-36-25-21-23-31-39-47-61(3)4)58-84-88(76,77)82-54-64(71)55-83-89(78,79)85-59-66(87-70(75)53-45-37-29-27-33-41-49-63(7)8)57-81-68(73)51-43-35-28-26-32-40-48-62(5)6/h60-66,71H,9-59H2,1-8H3,(H,76,77)(H,78,79)/t64-,65-,66-/m1/s1. The van der Waals surface area contributed by atoms with Gasteiger partial charge in [0.1, 0.15) is 19.3 Å². The van der Waals surface area contributed by atoms with E-state index in [1.54, 1.807) is 0 Å². The average molecular weight is 1310 g/mol. The smallest absolute Gasteiger partial charge is 0.462 e. The molecule has 0 aromatic carbocycles. The number of phosphoric ester groups is 2. The molecule has 17 nitrogen and oxygen atoms in total. The quantitative estimate of drug-likeness (QED) is 0.0222. The van der Waals surface area contributed by atoms with Crippen LogP contribution in [0.4, 0.5) is 0 Å². The van der Waals surface area contributed by atoms with Crippen LogP contribution in [0.1, 0.15) is 344 Å². The van der Waals surface area contributed by atoms with Crippen molar-refractivity contribution >= 4 is 39.5 Å². The number of esters is 4. The summed E-state index contributed by atoms with van der Waals surface area (Å²) < 4.78 is 68.1. The maximum absolute atomic E-state index is 13.0. The highest BCUT2D eigenvalue weighted by molar-refractivity contribution is 7.47. The Morgan fingerprint density at radius 1 is 0.281 bits per heavy atom. The van der Waals surface area contributed by atoms with Gasteiger partial charge in [-0.15, -0.1) is 0 Å². The van der Waals surface area contributed by atoms with E-state index in [1.807, 2.05) is 0 Å². The van der Waals surface area contributed by atoms with Crippen molar-refractivity contribution in [3.8, 4) is 0 Å². The summed E-state index contributed by atoms with van der Waals surface area (Å²) in [5, 5.41) is 10.6. The molecule has 0 bridgehead atoms. The van der Waals surface area contributed by atoms with Crippen LogP contribution in [-0.2, 0) is 65.4 Å². The largest absolute Gasteiger partial charge is 0.472 e. The molecule has 0 aliphatic carbocycles. The fourth-order valence-electron chi connectivity index (χ4n) is 10.5. The minimum absolute atomic E-state index is 0.100. The lowest BCUT2D eigenvalue weighted by molar-refractivity contribution is -0.161. The summed E-state index contributed by atoms with van der Waals surface area (Å²) in [6.45, 7) is 13.9. The molecule has 19 heteroatoms. The van der Waals surface area contributed by atoms with E-state index in [-0.39, 0.29) is 25.7 Å². The molecule has 89 heavy (non-hydrogen) atoms. The van der Waals surface area contributed by atoms with Crippen LogP contribution in [-0.4, -0.2) is 96.7 Å². The van der Waals surface area contributed by atoms with Gasteiger partial charge in [-0.25, -0.2) is 9.13 Å². The van der Waals surface area contributed by atoms with E-state index < -0.39 is 97.5 Å². The summed E-state index contributed by atoms with van der Waals surface area (Å²) in [5.74, 6) is 0.728. The summed E-state index contributed by atoms with van der Waals surface area (Å²) in [5.41, 5.74) is 0. The summed E-state index contributed by atoms with van der Waals surface area (Å²) in [6, 6.07) is 0. The highest BCUT2D eigenvalue weighted by Gasteiger charge is 2.30. The summed E-state index contributed by atoms with van der Waals surface area (Å²) in [6.07, 6.45) is 42.4. The van der Waals surface area contributed by atoms with Gasteiger partial charge in [0, 0.05) is 25.7 Å². The molecular formula is C70H136O17P2. The molecule has 0 aliphatic heterocycles. The van der Waals surface area contributed by atoms with E-state index in [4.69, 9.17) is 37.0 Å². The van der Waals surface area contributed by atoms with Crippen molar-refractivity contribution in [3.63, 3.8) is 0 Å². The molecule has 0 saturated heterocycles. The summed E-state index contributed by atoms with van der Waals surface area (Å²) in [4.78, 5) is 72.3. The van der Waals surface area contributed by atoms with Gasteiger partial charge in [0.05, 0.1) is 26.4 Å². The van der Waals surface area contributed by atoms with E-state index in [0.717, 1.165) is 102 Å². The predicted molar refractivity (Wildman–Crippen MR) is 358 cm³/mol. The lowest BCUT2D eigenvalue weighted by Gasteiger charge is -2.21. The molecule has 3 N–H and O–H groups in total. The SMILES string of the molecule is CC(C)CCCCCCCCCCCCCCCCCCCCC(=O)OC[C@H](COP(=O)(O)OC[C@@H](O)COP(=O)(O)OC[C@@H](COC(=O)CCCCCCCCC(C)C)OC(=O)CCCCCCCCC(C)C)OC(=O)CCCCCCCCCC(C)C. The summed E-state index contributed by atoms with van der Waals surface area (Å²) in [7, 11) is -9.90. The van der Waals surface area contributed by atoms with Crippen molar-refractivity contribution in [3.05, 3.63) is 0 Å². The van der Waals surface area contributed by atoms with Gasteiger partial charge in [-0.1, -0.05) is 293 Å². The molecule has 0 aromatic rings. The first kappa shape index (κ1) is 87.1. The van der Waals surface area contributed by atoms with Crippen LogP contribution in [0, 0.1) is 23.7 Å². The Hall–Kier alpha value is -1.94. The van der Waals surface area contributed by atoms with Crippen molar-refractivity contribution in [2.45, 2.75) is 363 Å². The second-order valence-corrected chi connectivity index (χ2v) is 30.1. The summed E-state index contributed by atoms with van der Waals surface area (Å²) >= 11 is 0. The fraction of sp³-hybridized carbons (Fsp3) is 0.943. The molecule has 0 aromatic heterocycles. The number of carbonyl (C=O) groups excluding carboxylic acids is 4. The second-order valence-electron chi connectivity index (χ2n) is 27.2. The van der Waals surface area contributed by atoms with Gasteiger partial charge in [0.15, 0.2) is 12.2 Å². The fourth-order valence-corrected chi connectivity index (χ4v) is 12.1. The Morgan fingerprint density at radius 2 is 0.472 bits per heavy atom. The van der Waals surface area contributed by atoms with Crippen LogP contribution in [0.2, 0.25) is 0 Å². The Labute approximate surface area is 543 Å². The first-order valence-corrected chi connectivity index (χ1v) is 39.2. The van der Waals surface area contributed by atoms with E-state index in [0.29, 0.717) is 43.4 Å². The number of rotatable bonds is 67. The molecule has 0 radical (unpaired) electrons. The van der Waals surface area contributed by atoms with Gasteiger partial charge in [-0.3, -0.25) is 37.3 Å². The lowest BCUT2D eigenvalue weighted by Crippen LogP contribution is -2.30. The number of phosphoric acid groups is 2. The highest BCUT2D eigenvalue weighted by atomic mass is 31.2. The van der Waals surface area contributed by atoms with Gasteiger partial charge in [-0.2, -0.15) is 0 Å². The molecule has 0 heterocycles. The maximum atomic E-state index is 13.0. The Balaban J connectivity index is 5.10. The van der Waals surface area contributed by atoms with E-state index in [1.165, 1.54) is 141 Å². The average Bonchev–Trinajstić information content (AvgIpc) is 3.66. The topological polar surface area (TPSA) is 237 Å². The molecule has 2 unspecified atom stereocenters. The van der Waals surface area contributed by atoms with Gasteiger partial charge in [0.25, 0.3) is 0 Å². The molecule has 0 spiro atoms. The maximum Gasteiger partial charge on any atom is 0.472 e. The highest BCUT2D eigenvalue weighted by Crippen LogP contribution is 2.45. The van der Waals surface area contributed by atoms with Crippen molar-refractivity contribution in [1.29, 1.82) is 0 Å². The zero-order valence-electron chi connectivity index (χ0n) is 58.1. The van der Waals surface area contributed by atoms with Crippen LogP contribution < -0.4 is 0 Å². The van der Waals surface area contributed by atoms with E-state index in [9.17, 15) is 43.2 Å². The molecule has 0 fully saturated rings. The third-order valence-electron chi connectivity index (χ3n) is 16.1. The molecule has 0 amide bonds. The van der Waals surface area contributed by atoms with Crippen molar-refractivity contribution in [1.82, 2.24) is 0 Å². The monoisotopic (exact) mass is 1310 g/mol. The van der Waals surface area contributed by atoms with Crippen LogP contribution in [0.3, 0.4) is 0 Å². The number of aliphatic hydroxyl groups is 1. The minimum Gasteiger partial charge on any atom is -0.462 e. The number of carbonyl (C=O) groups is 4. The molecular weight excluding hydrogens is 1170 g/mol. The predicted octanol–water partition coefficient (Wildman–Crippen LogP) is 19.7. The first-order chi connectivity index (χ1) is 42.6. The molecule has 0 aliphatic rings. The molecule has 0 saturated carbocycles. The van der Waals surface area contributed by atoms with Gasteiger partial charge < -0.3 is 33.8 Å². The number of hydrogen-bond acceptors (Lipinski definition) is 15. The van der Waals surface area contributed by atoms with Gasteiger partial charge in [0.2, 0.25) is 0 Å². The van der Waals surface area contributed by atoms with Crippen LogP contribution in [0.25, 0.3) is 0 Å². The first-order valence-electron chi connectivity index (χ1n) is 36.2. The number of aliphatic hydroxyl groups excluding tert-OH is 1. The Kier molecular flexibility index (Phi) is 58.5. The zero-order chi connectivity index (χ0) is 66.1. The van der Waals surface area contributed by atoms with Crippen LogP contribution >= 0.6 is 15.6 Å². The minimum atomic E-state index is -4.95. The molecule has 528 valence electrons. The van der Waals surface area contributed by atoms with E-state index >= 15 is 0 Å². The van der Waals surface area contributed by atoms with Gasteiger partial charge >= 0.3 is 39.5 Å². The normalized spacial score (nSPS) is 14.3. The zero-order valence-corrected chi connectivity index (χ0v) is 59.8. The third-order valence-corrected chi connectivity index (χ3v) is 18.0. The molecule has 0 rings (SSSR count). The lowest BCUT2D eigenvalue weighted by atomic mass is 10.0. The molecule has 5 atom stereocenters. The second kappa shape index (κ2) is 59.8. The van der Waals surface area contributed by atoms with Crippen LogP contribution in [0.15, 0.2) is 0 Å². The van der Waals surface area contributed by atoms with Crippen molar-refractivity contribution < 1.29 is 80.2 Å². The van der Waals surface area contributed by atoms with Crippen molar-refractivity contribution in [2.75, 3.05) is 39.6 Å². The Bertz CT molecular complexity index is 1760. The number of hydrogen-bond donors (Lipinski definition) is 3. The van der Waals surface area contributed by atoms with Crippen LogP contribution in [0.5, 0.6) is 0 Å². The Morgan fingerprint density at radius 3 is 0.697 bits per heavy atom. The number of ether oxygens (including phenoxy) is 4. The van der Waals surface area contributed by atoms with Crippen molar-refractivity contribution in [2.24, 2.45) is 23.7 Å². The van der Waals surface area contributed by atoms with E-state index in [2.05, 4.69) is 55.4 Å².